The van der Waals surface area contributed by atoms with Crippen molar-refractivity contribution in [1.29, 1.82) is 0 Å². The van der Waals surface area contributed by atoms with Crippen molar-refractivity contribution in [2.45, 2.75) is 13.5 Å². The summed E-state index contributed by atoms with van der Waals surface area (Å²) in [5.74, 6) is -0.582. The molecule has 0 radical (unpaired) electrons. The number of carbonyl (C=O) groups excluding carboxylic acids is 3. The molecule has 0 saturated heterocycles. The lowest BCUT2D eigenvalue weighted by Gasteiger charge is -2.25. The Hall–Kier alpha value is -4.91. The molecule has 4 aromatic carbocycles. The number of aryl methyl sites for hydroxylation is 1. The van der Waals surface area contributed by atoms with Gasteiger partial charge >= 0.3 is 6.03 Å². The Bertz CT molecular complexity index is 1420. The number of amides is 3. The lowest BCUT2D eigenvalue weighted by atomic mass is 10.0. The molecule has 0 aliphatic carbocycles. The van der Waals surface area contributed by atoms with Crippen LogP contribution >= 0.6 is 0 Å². The van der Waals surface area contributed by atoms with Crippen LogP contribution in [-0.4, -0.2) is 24.3 Å². The van der Waals surface area contributed by atoms with E-state index in [1.54, 1.807) is 66.7 Å². The number of carbonyl (C=O) groups is 3. The SMILES string of the molecule is Cc1cccc(NC(=O)NCC(=O)N(Cc2cccc(N)c2)c2ccccc2C(=O)c2ccccc2)c1. The zero-order valence-electron chi connectivity index (χ0n) is 20.5. The predicted molar refractivity (Wildman–Crippen MR) is 147 cm³/mol. The smallest absolute Gasteiger partial charge is 0.319 e. The number of para-hydroxylation sites is 1. The molecule has 3 amide bonds. The number of nitrogens with two attached hydrogens (primary N) is 1. The van der Waals surface area contributed by atoms with Crippen molar-refractivity contribution in [2.75, 3.05) is 22.5 Å². The van der Waals surface area contributed by atoms with Gasteiger partial charge in [0, 0.05) is 22.5 Å². The highest BCUT2D eigenvalue weighted by atomic mass is 16.2. The van der Waals surface area contributed by atoms with Gasteiger partial charge in [0.1, 0.15) is 0 Å². The van der Waals surface area contributed by atoms with Gasteiger partial charge in [-0.25, -0.2) is 4.79 Å². The molecule has 0 aromatic heterocycles. The van der Waals surface area contributed by atoms with Gasteiger partial charge in [0.2, 0.25) is 5.91 Å². The van der Waals surface area contributed by atoms with Crippen LogP contribution in [-0.2, 0) is 11.3 Å². The number of urea groups is 1. The predicted octanol–water partition coefficient (Wildman–Crippen LogP) is 5.16. The van der Waals surface area contributed by atoms with Crippen molar-refractivity contribution in [1.82, 2.24) is 5.32 Å². The van der Waals surface area contributed by atoms with E-state index in [0.29, 0.717) is 28.2 Å². The van der Waals surface area contributed by atoms with E-state index in [1.807, 2.05) is 43.3 Å². The van der Waals surface area contributed by atoms with Gasteiger partial charge in [0.15, 0.2) is 5.78 Å². The van der Waals surface area contributed by atoms with E-state index < -0.39 is 6.03 Å². The number of nitrogens with one attached hydrogen (secondary N) is 2. The molecular weight excluding hydrogens is 464 g/mol. The Kier molecular flexibility index (Phi) is 7.95. The summed E-state index contributed by atoms with van der Waals surface area (Å²) in [7, 11) is 0. The molecule has 0 aliphatic heterocycles. The van der Waals surface area contributed by atoms with E-state index in [4.69, 9.17) is 5.73 Å². The first-order valence-corrected chi connectivity index (χ1v) is 11.9. The van der Waals surface area contributed by atoms with Gasteiger partial charge in [-0.3, -0.25) is 9.59 Å². The van der Waals surface area contributed by atoms with E-state index in [2.05, 4.69) is 10.6 Å². The van der Waals surface area contributed by atoms with Crippen LogP contribution < -0.4 is 21.3 Å². The maximum Gasteiger partial charge on any atom is 0.319 e. The van der Waals surface area contributed by atoms with E-state index >= 15 is 0 Å². The lowest BCUT2D eigenvalue weighted by molar-refractivity contribution is -0.117. The molecule has 4 rings (SSSR count). The molecule has 7 heteroatoms. The summed E-state index contributed by atoms with van der Waals surface area (Å²) in [6.07, 6.45) is 0. The number of hydrogen-bond donors (Lipinski definition) is 3. The summed E-state index contributed by atoms with van der Waals surface area (Å²) in [4.78, 5) is 40.8. The van der Waals surface area contributed by atoms with Crippen LogP contribution in [0.3, 0.4) is 0 Å². The molecule has 0 fully saturated rings. The molecular formula is C30H28N4O3. The van der Waals surface area contributed by atoms with Crippen LogP contribution in [0, 0.1) is 6.92 Å². The maximum absolute atomic E-state index is 13.5. The van der Waals surface area contributed by atoms with Gasteiger partial charge < -0.3 is 21.3 Å². The van der Waals surface area contributed by atoms with Gasteiger partial charge in [-0.1, -0.05) is 66.7 Å². The topological polar surface area (TPSA) is 105 Å². The van der Waals surface area contributed by atoms with Crippen LogP contribution in [0.4, 0.5) is 21.9 Å². The number of nitrogen functional groups attached to an aromatic ring is 1. The van der Waals surface area contributed by atoms with Crippen molar-refractivity contribution in [3.8, 4) is 0 Å². The summed E-state index contributed by atoms with van der Waals surface area (Å²) < 4.78 is 0. The summed E-state index contributed by atoms with van der Waals surface area (Å²) in [5, 5.41) is 5.36. The van der Waals surface area contributed by atoms with Crippen molar-refractivity contribution in [3.63, 3.8) is 0 Å². The van der Waals surface area contributed by atoms with Crippen molar-refractivity contribution in [3.05, 3.63) is 125 Å². The molecule has 0 aliphatic rings. The van der Waals surface area contributed by atoms with Gasteiger partial charge in [-0.2, -0.15) is 0 Å². The number of hydrogen-bond acceptors (Lipinski definition) is 4. The molecule has 0 spiro atoms. The van der Waals surface area contributed by atoms with Gasteiger partial charge in [-0.05, 0) is 54.4 Å². The summed E-state index contributed by atoms with van der Waals surface area (Å²) in [5.41, 5.74) is 10.3. The molecule has 4 N–H and O–H groups in total. The fourth-order valence-electron chi connectivity index (χ4n) is 3.98. The molecule has 0 bridgehead atoms. The van der Waals surface area contributed by atoms with Crippen molar-refractivity contribution >= 4 is 34.8 Å². The van der Waals surface area contributed by atoms with E-state index in [0.717, 1.165) is 11.1 Å². The highest BCUT2D eigenvalue weighted by Crippen LogP contribution is 2.26. The third-order valence-corrected chi connectivity index (χ3v) is 5.74. The number of nitrogens with zero attached hydrogens (tertiary/aromatic N) is 1. The lowest BCUT2D eigenvalue weighted by Crippen LogP contribution is -2.42. The van der Waals surface area contributed by atoms with E-state index in [-0.39, 0.29) is 24.8 Å². The van der Waals surface area contributed by atoms with Gasteiger partial charge in [0.05, 0.1) is 18.8 Å². The Morgan fingerprint density at radius 2 is 1.54 bits per heavy atom. The largest absolute Gasteiger partial charge is 0.399 e. The molecule has 7 nitrogen and oxygen atoms in total. The Morgan fingerprint density at radius 3 is 2.30 bits per heavy atom. The average molecular weight is 493 g/mol. The maximum atomic E-state index is 13.5. The molecule has 37 heavy (non-hydrogen) atoms. The van der Waals surface area contributed by atoms with Crippen LogP contribution in [0.5, 0.6) is 0 Å². The highest BCUT2D eigenvalue weighted by Gasteiger charge is 2.23. The molecule has 4 aromatic rings. The third kappa shape index (κ3) is 6.61. The minimum Gasteiger partial charge on any atom is -0.399 e. The van der Waals surface area contributed by atoms with E-state index in [1.165, 1.54) is 4.90 Å². The Morgan fingerprint density at radius 1 is 0.811 bits per heavy atom. The molecule has 0 atom stereocenters. The second-order valence-electron chi connectivity index (χ2n) is 8.61. The summed E-state index contributed by atoms with van der Waals surface area (Å²) in [6.45, 7) is 1.83. The fourth-order valence-corrected chi connectivity index (χ4v) is 3.98. The van der Waals surface area contributed by atoms with Crippen LogP contribution in [0.25, 0.3) is 0 Å². The van der Waals surface area contributed by atoms with Crippen molar-refractivity contribution < 1.29 is 14.4 Å². The monoisotopic (exact) mass is 492 g/mol. The first kappa shape index (κ1) is 25.2. The molecule has 0 saturated carbocycles. The van der Waals surface area contributed by atoms with Crippen LogP contribution in [0.15, 0.2) is 103 Å². The van der Waals surface area contributed by atoms with E-state index in [9.17, 15) is 14.4 Å². The Balaban J connectivity index is 1.59. The number of benzene rings is 4. The van der Waals surface area contributed by atoms with Gasteiger partial charge in [-0.15, -0.1) is 0 Å². The van der Waals surface area contributed by atoms with Crippen LogP contribution in [0.1, 0.15) is 27.0 Å². The molecule has 0 heterocycles. The quantitative estimate of drug-likeness (QED) is 0.233. The molecule has 0 unspecified atom stereocenters. The first-order valence-electron chi connectivity index (χ1n) is 11.9. The average Bonchev–Trinajstić information content (AvgIpc) is 2.90. The van der Waals surface area contributed by atoms with Gasteiger partial charge in [0.25, 0.3) is 0 Å². The minimum absolute atomic E-state index is 0.171. The third-order valence-electron chi connectivity index (χ3n) is 5.74. The van der Waals surface area contributed by atoms with Crippen molar-refractivity contribution in [2.24, 2.45) is 0 Å². The minimum atomic E-state index is -0.503. The first-order chi connectivity index (χ1) is 17.9. The van der Waals surface area contributed by atoms with Crippen LogP contribution in [0.2, 0.25) is 0 Å². The zero-order valence-corrected chi connectivity index (χ0v) is 20.5. The highest BCUT2D eigenvalue weighted by molar-refractivity contribution is 6.14. The fraction of sp³-hybridized carbons (Fsp3) is 0.100. The summed E-state index contributed by atoms with van der Waals surface area (Å²) >= 11 is 0. The normalized spacial score (nSPS) is 10.4. The standard InChI is InChI=1S/C30H28N4O3/c1-21-9-7-14-25(17-21)33-30(37)32-19-28(35)34(20-22-10-8-13-24(31)18-22)27-16-6-5-15-26(27)29(36)23-11-3-2-4-12-23/h2-18H,19-20,31H2,1H3,(H2,32,33,37). The number of ketones is 1. The second kappa shape index (κ2) is 11.7. The summed E-state index contributed by atoms with van der Waals surface area (Å²) in [6, 6.07) is 29.9. The zero-order chi connectivity index (χ0) is 26.2. The number of rotatable bonds is 8. The second-order valence-corrected chi connectivity index (χ2v) is 8.61. The molecule has 186 valence electrons. The Labute approximate surface area is 215 Å². The number of anilines is 3.